The lowest BCUT2D eigenvalue weighted by Crippen LogP contribution is -2.52. The topological polar surface area (TPSA) is 49.4 Å². The molecule has 7 heteroatoms. The third-order valence-corrected chi connectivity index (χ3v) is 5.37. The Balaban J connectivity index is 2.13. The molecule has 0 saturated carbocycles. The first kappa shape index (κ1) is 23.9. The Morgan fingerprint density at radius 1 is 1.00 bits per heavy atom. The zero-order chi connectivity index (χ0) is 22.3. The van der Waals surface area contributed by atoms with Crippen molar-refractivity contribution in [2.45, 2.75) is 51.6 Å². The Morgan fingerprint density at radius 2 is 1.53 bits per heavy atom. The van der Waals surface area contributed by atoms with E-state index < -0.39 is 17.4 Å². The van der Waals surface area contributed by atoms with Gasteiger partial charge in [-0.15, -0.1) is 11.8 Å². The minimum atomic E-state index is -0.787. The first-order valence-corrected chi connectivity index (χ1v) is 10.9. The summed E-state index contributed by atoms with van der Waals surface area (Å²) in [5, 5.41) is 2.86. The van der Waals surface area contributed by atoms with Crippen LogP contribution in [0.3, 0.4) is 0 Å². The maximum absolute atomic E-state index is 14.2. The number of rotatable bonds is 8. The number of halogens is 2. The minimum absolute atomic E-state index is 0.0233. The zero-order valence-corrected chi connectivity index (χ0v) is 18.6. The Labute approximate surface area is 181 Å². The Kier molecular flexibility index (Phi) is 8.41. The molecule has 2 rings (SSSR count). The molecule has 0 aliphatic rings. The molecule has 1 N–H and O–H groups in total. The molecular formula is C23H28F2N2O2S. The fraction of sp³-hybridized carbons (Fsp3) is 0.391. The molecule has 162 valence electrons. The fourth-order valence-electron chi connectivity index (χ4n) is 2.81. The van der Waals surface area contributed by atoms with Crippen molar-refractivity contribution in [3.05, 3.63) is 71.3 Å². The van der Waals surface area contributed by atoms with Crippen LogP contribution in [0.25, 0.3) is 0 Å². The molecule has 0 saturated heterocycles. The molecule has 2 aromatic rings. The van der Waals surface area contributed by atoms with Gasteiger partial charge < -0.3 is 10.2 Å². The minimum Gasteiger partial charge on any atom is -0.350 e. The summed E-state index contributed by atoms with van der Waals surface area (Å²) in [6.45, 7) is 7.16. The van der Waals surface area contributed by atoms with Crippen molar-refractivity contribution in [3.8, 4) is 0 Å². The summed E-state index contributed by atoms with van der Waals surface area (Å²) >= 11 is 1.26. The predicted octanol–water partition coefficient (Wildman–Crippen LogP) is 4.53. The molecule has 0 fully saturated rings. The molecule has 1 atom stereocenters. The van der Waals surface area contributed by atoms with Crippen molar-refractivity contribution in [2.75, 3.05) is 5.75 Å². The number of hydrogen-bond acceptors (Lipinski definition) is 3. The summed E-state index contributed by atoms with van der Waals surface area (Å²) < 4.78 is 28.0. The standard InChI is InChI=1S/C23H28F2N2O2S/c1-16(22(29)26-23(2,3)4)27(13-17-9-5-7-11-19(17)24)21(28)15-30-14-18-10-6-8-12-20(18)25/h5-12,16H,13-15H2,1-4H3,(H,26,29)/t16-/m0/s1. The van der Waals surface area contributed by atoms with Crippen molar-refractivity contribution < 1.29 is 18.4 Å². The number of hydrogen-bond donors (Lipinski definition) is 1. The lowest BCUT2D eigenvalue weighted by atomic mass is 10.1. The summed E-state index contributed by atoms with van der Waals surface area (Å²) in [4.78, 5) is 27.0. The second-order valence-corrected chi connectivity index (χ2v) is 9.10. The Morgan fingerprint density at radius 3 is 2.07 bits per heavy atom. The van der Waals surface area contributed by atoms with Gasteiger partial charge in [-0.1, -0.05) is 36.4 Å². The molecule has 0 radical (unpaired) electrons. The monoisotopic (exact) mass is 434 g/mol. The van der Waals surface area contributed by atoms with E-state index in [1.807, 2.05) is 20.8 Å². The van der Waals surface area contributed by atoms with E-state index in [9.17, 15) is 18.4 Å². The Hall–Kier alpha value is -2.41. The van der Waals surface area contributed by atoms with E-state index in [0.717, 1.165) is 0 Å². The van der Waals surface area contributed by atoms with Crippen molar-refractivity contribution >= 4 is 23.6 Å². The highest BCUT2D eigenvalue weighted by molar-refractivity contribution is 7.99. The molecule has 0 bridgehead atoms. The van der Waals surface area contributed by atoms with Gasteiger partial charge in [-0.05, 0) is 45.4 Å². The normalized spacial score (nSPS) is 12.3. The number of carbonyl (C=O) groups excluding carboxylic acids is 2. The second-order valence-electron chi connectivity index (χ2n) is 8.11. The average Bonchev–Trinajstić information content (AvgIpc) is 2.67. The van der Waals surface area contributed by atoms with Crippen molar-refractivity contribution in [2.24, 2.45) is 0 Å². The molecule has 0 spiro atoms. The SMILES string of the molecule is C[C@@H](C(=O)NC(C)(C)C)N(Cc1ccccc1F)C(=O)CSCc1ccccc1F. The van der Waals surface area contributed by atoms with E-state index in [1.165, 1.54) is 28.8 Å². The van der Waals surface area contributed by atoms with Crippen LogP contribution in [0.2, 0.25) is 0 Å². The zero-order valence-electron chi connectivity index (χ0n) is 17.7. The molecule has 0 unspecified atom stereocenters. The highest BCUT2D eigenvalue weighted by Crippen LogP contribution is 2.19. The number of carbonyl (C=O) groups is 2. The Bertz CT molecular complexity index is 884. The van der Waals surface area contributed by atoms with Gasteiger partial charge in [0.15, 0.2) is 0 Å². The molecule has 0 aliphatic heterocycles. The van der Waals surface area contributed by atoms with Gasteiger partial charge in [0, 0.05) is 23.4 Å². The second kappa shape index (κ2) is 10.6. The van der Waals surface area contributed by atoms with Crippen molar-refractivity contribution in [1.29, 1.82) is 0 Å². The molecule has 0 heterocycles. The van der Waals surface area contributed by atoms with Gasteiger partial charge in [0.05, 0.1) is 5.75 Å². The van der Waals surface area contributed by atoms with E-state index >= 15 is 0 Å². The van der Waals surface area contributed by atoms with Gasteiger partial charge in [-0.2, -0.15) is 0 Å². The average molecular weight is 435 g/mol. The maximum atomic E-state index is 14.2. The van der Waals surface area contributed by atoms with Crippen LogP contribution >= 0.6 is 11.8 Å². The summed E-state index contributed by atoms with van der Waals surface area (Å²) in [6.07, 6.45) is 0. The van der Waals surface area contributed by atoms with Gasteiger partial charge in [-0.3, -0.25) is 9.59 Å². The van der Waals surface area contributed by atoms with Gasteiger partial charge in [0.25, 0.3) is 0 Å². The van der Waals surface area contributed by atoms with E-state index in [2.05, 4.69) is 5.32 Å². The third-order valence-electron chi connectivity index (χ3n) is 4.40. The quantitative estimate of drug-likeness (QED) is 0.664. The van der Waals surface area contributed by atoms with Crippen LogP contribution in [-0.2, 0) is 21.9 Å². The highest BCUT2D eigenvalue weighted by Gasteiger charge is 2.28. The van der Waals surface area contributed by atoms with Crippen LogP contribution in [0.1, 0.15) is 38.8 Å². The number of nitrogens with zero attached hydrogens (tertiary/aromatic N) is 1. The van der Waals surface area contributed by atoms with Crippen LogP contribution in [0.4, 0.5) is 8.78 Å². The van der Waals surface area contributed by atoms with Crippen LogP contribution in [0, 0.1) is 11.6 Å². The van der Waals surface area contributed by atoms with Crippen LogP contribution in [-0.4, -0.2) is 34.0 Å². The number of benzene rings is 2. The highest BCUT2D eigenvalue weighted by atomic mass is 32.2. The molecule has 4 nitrogen and oxygen atoms in total. The number of nitrogens with one attached hydrogen (secondary N) is 1. The summed E-state index contributed by atoms with van der Waals surface area (Å²) in [6, 6.07) is 11.8. The number of amides is 2. The lowest BCUT2D eigenvalue weighted by molar-refractivity contribution is -0.139. The lowest BCUT2D eigenvalue weighted by Gasteiger charge is -2.31. The smallest absolute Gasteiger partial charge is 0.242 e. The van der Waals surface area contributed by atoms with Gasteiger partial charge in [0.2, 0.25) is 11.8 Å². The predicted molar refractivity (Wildman–Crippen MR) is 117 cm³/mol. The summed E-state index contributed by atoms with van der Waals surface area (Å²) in [5.41, 5.74) is 0.382. The largest absolute Gasteiger partial charge is 0.350 e. The molecule has 0 aromatic heterocycles. The van der Waals surface area contributed by atoms with Gasteiger partial charge in [0.1, 0.15) is 17.7 Å². The van der Waals surface area contributed by atoms with Gasteiger partial charge in [-0.25, -0.2) is 8.78 Å². The molecular weight excluding hydrogens is 406 g/mol. The third kappa shape index (κ3) is 7.13. The first-order valence-electron chi connectivity index (χ1n) is 9.74. The molecule has 2 aromatic carbocycles. The number of thioether (sulfide) groups is 1. The van der Waals surface area contributed by atoms with Crippen molar-refractivity contribution in [3.63, 3.8) is 0 Å². The van der Waals surface area contributed by atoms with E-state index in [0.29, 0.717) is 16.9 Å². The fourth-order valence-corrected chi connectivity index (χ4v) is 3.71. The van der Waals surface area contributed by atoms with Gasteiger partial charge >= 0.3 is 0 Å². The first-order chi connectivity index (χ1) is 14.1. The van der Waals surface area contributed by atoms with Crippen molar-refractivity contribution in [1.82, 2.24) is 10.2 Å². The van der Waals surface area contributed by atoms with Crippen LogP contribution < -0.4 is 5.32 Å². The molecule has 30 heavy (non-hydrogen) atoms. The van der Waals surface area contributed by atoms with E-state index in [1.54, 1.807) is 43.3 Å². The summed E-state index contributed by atoms with van der Waals surface area (Å²) in [5.74, 6) is -0.997. The molecule has 0 aliphatic carbocycles. The van der Waals surface area contributed by atoms with Crippen LogP contribution in [0.15, 0.2) is 48.5 Å². The maximum Gasteiger partial charge on any atom is 0.242 e. The van der Waals surface area contributed by atoms with E-state index in [4.69, 9.17) is 0 Å². The van der Waals surface area contributed by atoms with Crippen LogP contribution in [0.5, 0.6) is 0 Å². The summed E-state index contributed by atoms with van der Waals surface area (Å²) in [7, 11) is 0. The van der Waals surface area contributed by atoms with E-state index in [-0.39, 0.29) is 29.9 Å². The molecule has 2 amide bonds.